The number of carboxylic acid groups (broad SMARTS) is 1. The Bertz CT molecular complexity index is 1790. The third-order valence-electron chi connectivity index (χ3n) is 11.9. The molecule has 0 bridgehead atoms. The van der Waals surface area contributed by atoms with E-state index in [9.17, 15) is 85.9 Å². The fourth-order valence-corrected chi connectivity index (χ4v) is 8.31. The fourth-order valence-electron chi connectivity index (χ4n) is 8.31. The van der Waals surface area contributed by atoms with E-state index in [1.165, 1.54) is 21.0 Å². The van der Waals surface area contributed by atoms with Crippen molar-refractivity contribution in [3.63, 3.8) is 0 Å². The number of carboxylic acids is 1. The number of rotatable bonds is 17. The van der Waals surface area contributed by atoms with E-state index in [2.05, 4.69) is 10.6 Å². The highest BCUT2D eigenvalue weighted by Crippen LogP contribution is 2.39. The van der Waals surface area contributed by atoms with E-state index in [0.29, 0.717) is 0 Å². The second-order valence-corrected chi connectivity index (χ2v) is 16.5. The molecule has 4 saturated heterocycles. The Labute approximate surface area is 375 Å². The summed E-state index contributed by atoms with van der Waals surface area (Å²) in [5.74, 6) is -7.61. The quantitative estimate of drug-likeness (QED) is 0.0689. The molecule has 27 nitrogen and oxygen atoms in total. The smallest absolute Gasteiger partial charge is 0.364 e. The van der Waals surface area contributed by atoms with Gasteiger partial charge in [-0.1, -0.05) is 0 Å². The SMILES string of the molecule is COc1cc(C(=O)NC2[C@H](C)OC(CO)[C@@H](O[C@@H]3O[C@@H](C)[C@@H](O)C(O)C3O)[C@@H]2O[C@@H]2OC(CO)[C@H](O)C(O[C@]3(C(=O)O)CC(O)[C@@H](NC(C)=O)C([C@H](O)[C@H](O)CO)O3)C2O)cc(CO)c1O. The summed E-state index contributed by atoms with van der Waals surface area (Å²) in [5.41, 5.74) is -0.323. The van der Waals surface area contributed by atoms with Gasteiger partial charge in [0.2, 0.25) is 5.91 Å². The summed E-state index contributed by atoms with van der Waals surface area (Å²) in [6.07, 6.45) is -34.6. The number of hydrogen-bond donors (Lipinski definition) is 16. The molecule has 16 N–H and O–H groups in total. The number of nitrogens with one attached hydrogen (secondary N) is 2. The molecule has 27 heteroatoms. The number of aliphatic hydroxyl groups excluding tert-OH is 12. The Morgan fingerprint density at radius 3 is 2.00 bits per heavy atom. The number of amides is 2. The standard InChI is InChI=1S/C39H60N2O25/c1-12-22(41-35(56)15-5-16(8-42)25(50)19(6-15)59-4)33(31(21(11-45)60-12)63-36-29(54)28(53)24(49)13(2)61-36)64-37-30(55)34(27(52)20(10-44)62-37)66-39(38(57)58)7-17(47)23(40-14(3)46)32(65-39)26(51)18(48)9-43/h5-6,12-13,17-18,20-24,26-34,36-37,42-45,47-55H,7-11H2,1-4H3,(H,40,46)(H,41,56)(H,57,58)/t12-,13-,17?,18+,20?,21?,22?,23+,24+,26+,27-,28?,29?,30?,31+,32?,33+,34?,36-,37-,39-/m0/s1. The molecule has 0 saturated carbocycles. The molecule has 66 heavy (non-hydrogen) atoms. The van der Waals surface area contributed by atoms with Crippen molar-refractivity contribution in [2.45, 2.75) is 162 Å². The first-order valence-corrected chi connectivity index (χ1v) is 20.8. The summed E-state index contributed by atoms with van der Waals surface area (Å²) >= 11 is 0. The van der Waals surface area contributed by atoms with E-state index < -0.39 is 184 Å². The molecular formula is C39H60N2O25. The lowest BCUT2D eigenvalue weighted by Crippen LogP contribution is -2.71. The minimum absolute atomic E-state index is 0.122. The molecule has 0 aromatic heterocycles. The van der Waals surface area contributed by atoms with Crippen molar-refractivity contribution >= 4 is 17.8 Å². The third-order valence-corrected chi connectivity index (χ3v) is 11.9. The Kier molecular flexibility index (Phi) is 18.0. The van der Waals surface area contributed by atoms with Crippen LogP contribution in [0.1, 0.15) is 43.1 Å². The van der Waals surface area contributed by atoms with Gasteiger partial charge in [-0.2, -0.15) is 0 Å². The summed E-state index contributed by atoms with van der Waals surface area (Å²) < 4.78 is 46.4. The molecule has 4 aliphatic heterocycles. The van der Waals surface area contributed by atoms with Crippen LogP contribution in [0.15, 0.2) is 12.1 Å². The van der Waals surface area contributed by atoms with Crippen LogP contribution in [0, 0.1) is 0 Å². The van der Waals surface area contributed by atoms with E-state index >= 15 is 0 Å². The van der Waals surface area contributed by atoms with Crippen LogP contribution in [0.3, 0.4) is 0 Å². The van der Waals surface area contributed by atoms with Crippen molar-refractivity contribution in [3.8, 4) is 11.5 Å². The molecular weight excluding hydrogens is 896 g/mol. The highest BCUT2D eigenvalue weighted by molar-refractivity contribution is 5.95. The van der Waals surface area contributed by atoms with Crippen LogP contribution in [0.25, 0.3) is 0 Å². The number of aliphatic hydroxyl groups is 12. The molecule has 1 aromatic rings. The number of aliphatic carboxylic acids is 1. The fraction of sp³-hybridized carbons (Fsp3) is 0.769. The van der Waals surface area contributed by atoms with Gasteiger partial charge in [-0.3, -0.25) is 9.59 Å². The number of aromatic hydroxyl groups is 1. The molecule has 2 amide bonds. The van der Waals surface area contributed by atoms with Gasteiger partial charge in [0.1, 0.15) is 79.4 Å². The molecule has 5 rings (SSSR count). The molecule has 376 valence electrons. The van der Waals surface area contributed by atoms with Crippen LogP contribution in [0.5, 0.6) is 11.5 Å². The van der Waals surface area contributed by atoms with Crippen LogP contribution in [0.4, 0.5) is 0 Å². The first kappa shape index (κ1) is 53.4. The second-order valence-electron chi connectivity index (χ2n) is 16.5. The molecule has 4 fully saturated rings. The maximum absolute atomic E-state index is 14.0. The Balaban J connectivity index is 1.56. The van der Waals surface area contributed by atoms with Crippen molar-refractivity contribution in [1.29, 1.82) is 0 Å². The number of hydrogen-bond acceptors (Lipinski definition) is 24. The summed E-state index contributed by atoms with van der Waals surface area (Å²) in [4.78, 5) is 39.1. The lowest BCUT2D eigenvalue weighted by Gasteiger charge is -2.51. The molecule has 0 radical (unpaired) electrons. The van der Waals surface area contributed by atoms with E-state index in [0.717, 1.165) is 19.1 Å². The van der Waals surface area contributed by atoms with Gasteiger partial charge in [-0.25, -0.2) is 4.79 Å². The predicted molar refractivity (Wildman–Crippen MR) is 211 cm³/mol. The van der Waals surface area contributed by atoms with Gasteiger partial charge in [-0.05, 0) is 26.0 Å². The van der Waals surface area contributed by atoms with Gasteiger partial charge in [0.15, 0.2) is 24.1 Å². The predicted octanol–water partition coefficient (Wildman–Crippen LogP) is -7.66. The topological polar surface area (TPSA) is 432 Å². The van der Waals surface area contributed by atoms with Gasteiger partial charge in [-0.15, -0.1) is 0 Å². The maximum atomic E-state index is 14.0. The van der Waals surface area contributed by atoms with Crippen molar-refractivity contribution in [2.24, 2.45) is 0 Å². The Hall–Kier alpha value is -3.53. The van der Waals surface area contributed by atoms with Crippen molar-refractivity contribution < 1.29 is 124 Å². The summed E-state index contributed by atoms with van der Waals surface area (Å²) in [6, 6.07) is -0.868. The number of carbonyl (C=O) groups excluding carboxylic acids is 2. The van der Waals surface area contributed by atoms with E-state index in [1.54, 1.807) is 0 Å². The van der Waals surface area contributed by atoms with Crippen LogP contribution >= 0.6 is 0 Å². The zero-order chi connectivity index (χ0) is 49.1. The molecule has 1 aromatic carbocycles. The van der Waals surface area contributed by atoms with Crippen LogP contribution < -0.4 is 15.4 Å². The van der Waals surface area contributed by atoms with Crippen LogP contribution in [-0.2, 0) is 49.4 Å². The average molecular weight is 957 g/mol. The highest BCUT2D eigenvalue weighted by atomic mass is 16.8. The Morgan fingerprint density at radius 2 is 1.42 bits per heavy atom. The average Bonchev–Trinajstić information content (AvgIpc) is 3.28. The van der Waals surface area contributed by atoms with Gasteiger partial charge in [0.05, 0.1) is 63.9 Å². The van der Waals surface area contributed by atoms with Gasteiger partial charge in [0.25, 0.3) is 11.7 Å². The minimum atomic E-state index is -3.16. The zero-order valence-electron chi connectivity index (χ0n) is 36.0. The molecule has 0 aliphatic carbocycles. The maximum Gasteiger partial charge on any atom is 0.364 e. The highest BCUT2D eigenvalue weighted by Gasteiger charge is 2.60. The van der Waals surface area contributed by atoms with E-state index in [1.807, 2.05) is 0 Å². The lowest BCUT2D eigenvalue weighted by atomic mass is 9.88. The molecule has 21 atom stereocenters. The number of phenols is 1. The number of carbonyl (C=O) groups is 3. The third kappa shape index (κ3) is 11.0. The minimum Gasteiger partial charge on any atom is -0.504 e. The number of methoxy groups -OCH3 is 1. The monoisotopic (exact) mass is 956 g/mol. The van der Waals surface area contributed by atoms with E-state index in [-0.39, 0.29) is 16.9 Å². The summed E-state index contributed by atoms with van der Waals surface area (Å²) in [6.45, 7) is -0.0246. The van der Waals surface area contributed by atoms with Gasteiger partial charge in [0, 0.05) is 24.5 Å². The summed E-state index contributed by atoms with van der Waals surface area (Å²) in [5, 5.41) is 154. The first-order valence-electron chi connectivity index (χ1n) is 20.8. The molecule has 4 heterocycles. The molecule has 4 aliphatic rings. The Morgan fingerprint density at radius 1 is 0.788 bits per heavy atom. The van der Waals surface area contributed by atoms with Crippen molar-refractivity contribution in [2.75, 3.05) is 26.9 Å². The number of benzene rings is 1. The van der Waals surface area contributed by atoms with Crippen molar-refractivity contribution in [1.82, 2.24) is 10.6 Å². The van der Waals surface area contributed by atoms with Crippen molar-refractivity contribution in [3.05, 3.63) is 23.3 Å². The largest absolute Gasteiger partial charge is 0.504 e. The molecule has 9 unspecified atom stereocenters. The molecule has 0 spiro atoms. The lowest BCUT2D eigenvalue weighted by molar-refractivity contribution is -0.384. The second kappa shape index (κ2) is 22.3. The number of ether oxygens (including phenoxy) is 8. The van der Waals surface area contributed by atoms with Gasteiger partial charge < -0.3 is 120 Å². The first-order chi connectivity index (χ1) is 31.1. The van der Waals surface area contributed by atoms with Crippen LogP contribution in [-0.4, -0.2) is 244 Å². The van der Waals surface area contributed by atoms with Crippen LogP contribution in [0.2, 0.25) is 0 Å². The normalized spacial score (nSPS) is 40.5. The zero-order valence-corrected chi connectivity index (χ0v) is 36.0. The van der Waals surface area contributed by atoms with Gasteiger partial charge >= 0.3 is 5.97 Å². The van der Waals surface area contributed by atoms with E-state index in [4.69, 9.17) is 37.9 Å². The summed E-state index contributed by atoms with van der Waals surface area (Å²) in [7, 11) is 1.18.